The molecule has 3 unspecified atom stereocenters. The molecule has 0 amide bonds. The molecular formula is C47H76O18. The Hall–Kier alpha value is -0.980. The highest BCUT2D eigenvalue weighted by Crippen LogP contribution is 2.80. The summed E-state index contributed by atoms with van der Waals surface area (Å²) in [6, 6.07) is 0. The number of ether oxygens (including phenoxy) is 8. The first-order valence-electron chi connectivity index (χ1n) is 24.0. The van der Waals surface area contributed by atoms with Crippen LogP contribution in [0.25, 0.3) is 0 Å². The molecule has 5 heterocycles. The SMILES string of the molecule is CC(C)=C[C@H]1C[C@](C)(O)C2C3CC[C@@H]4[C@@]5(C)CC[C@H](O[C@@H]6OC[C@@H](O)[C@@H](O[C@@H]7O[C@H](CO)[C@@H](O)[C@H](O)[C@H]7O)[C@@H]6O[C@@H]6O[C@H](CO)[C@@H](O)[C@H](O)[C@H]6O)C(C)(C)C5CC[C@@]4(C)[C@@]34CO[C@@]2(C4)O1. The van der Waals surface area contributed by atoms with E-state index in [2.05, 4.69) is 47.6 Å². The molecule has 10 N–H and O–H groups in total. The van der Waals surface area contributed by atoms with Gasteiger partial charge in [0.05, 0.1) is 44.2 Å². The zero-order chi connectivity index (χ0) is 47.0. The minimum atomic E-state index is -1.83. The van der Waals surface area contributed by atoms with Crippen LogP contribution in [0.5, 0.6) is 0 Å². The number of allylic oxidation sites excluding steroid dienone is 1. The van der Waals surface area contributed by atoms with E-state index in [1.165, 1.54) is 0 Å². The maximum Gasteiger partial charge on any atom is 0.187 e. The third-order valence-electron chi connectivity index (χ3n) is 18.7. The third-order valence-corrected chi connectivity index (χ3v) is 18.7. The van der Waals surface area contributed by atoms with Crippen LogP contribution in [0.15, 0.2) is 11.6 Å². The lowest BCUT2D eigenvalue weighted by atomic mass is 9.35. The summed E-state index contributed by atoms with van der Waals surface area (Å²) in [5.74, 6) is -0.125. The molecule has 5 saturated heterocycles. The van der Waals surface area contributed by atoms with E-state index in [-0.39, 0.29) is 46.7 Å². The van der Waals surface area contributed by atoms with Crippen molar-refractivity contribution in [2.24, 2.45) is 45.3 Å². The monoisotopic (exact) mass is 929 g/mol. The molecule has 65 heavy (non-hydrogen) atoms. The highest BCUT2D eigenvalue weighted by atomic mass is 16.8. The summed E-state index contributed by atoms with van der Waals surface area (Å²) in [6.45, 7) is 14.3. The zero-order valence-electron chi connectivity index (χ0n) is 38.8. The molecule has 9 rings (SSSR count). The summed E-state index contributed by atoms with van der Waals surface area (Å²) >= 11 is 0. The Kier molecular flexibility index (Phi) is 12.9. The molecule has 0 aromatic heterocycles. The second-order valence-corrected chi connectivity index (χ2v) is 23.0. The number of rotatable bonds is 9. The predicted octanol–water partition coefficient (Wildman–Crippen LogP) is -0.0333. The van der Waals surface area contributed by atoms with Gasteiger partial charge in [-0.05, 0) is 93.3 Å². The molecule has 4 saturated carbocycles. The lowest BCUT2D eigenvalue weighted by Gasteiger charge is -2.70. The van der Waals surface area contributed by atoms with Gasteiger partial charge in [0, 0.05) is 24.2 Å². The Bertz CT molecular complexity index is 1760. The van der Waals surface area contributed by atoms with Crippen molar-refractivity contribution in [2.45, 2.75) is 209 Å². The molecule has 0 radical (unpaired) electrons. The summed E-state index contributed by atoms with van der Waals surface area (Å²) in [6.07, 6.45) is -14.3. The van der Waals surface area contributed by atoms with Crippen LogP contribution in [0.1, 0.15) is 99.8 Å². The van der Waals surface area contributed by atoms with Crippen LogP contribution in [0.4, 0.5) is 0 Å². The van der Waals surface area contributed by atoms with Gasteiger partial charge in [0.1, 0.15) is 67.1 Å². The van der Waals surface area contributed by atoms with E-state index in [1.807, 2.05) is 6.92 Å². The fourth-order valence-electron chi connectivity index (χ4n) is 15.8. The van der Waals surface area contributed by atoms with Gasteiger partial charge >= 0.3 is 0 Å². The first-order valence-corrected chi connectivity index (χ1v) is 24.0. The van der Waals surface area contributed by atoms with Crippen molar-refractivity contribution in [1.29, 1.82) is 0 Å². The van der Waals surface area contributed by atoms with Gasteiger partial charge in [-0.2, -0.15) is 0 Å². The Balaban J connectivity index is 0.978. The maximum atomic E-state index is 12.2. The molecule has 18 nitrogen and oxygen atoms in total. The van der Waals surface area contributed by atoms with E-state index in [0.29, 0.717) is 25.4 Å². The summed E-state index contributed by atoms with van der Waals surface area (Å²) < 4.78 is 50.8. The zero-order valence-corrected chi connectivity index (χ0v) is 38.8. The van der Waals surface area contributed by atoms with Crippen LogP contribution < -0.4 is 0 Å². The molecular weight excluding hydrogens is 852 g/mol. The van der Waals surface area contributed by atoms with Gasteiger partial charge in [0.25, 0.3) is 0 Å². The quantitative estimate of drug-likeness (QED) is 0.107. The molecule has 372 valence electrons. The van der Waals surface area contributed by atoms with Crippen LogP contribution >= 0.6 is 0 Å². The second-order valence-electron chi connectivity index (χ2n) is 23.0. The van der Waals surface area contributed by atoms with E-state index in [0.717, 1.165) is 44.1 Å². The summed E-state index contributed by atoms with van der Waals surface area (Å²) in [4.78, 5) is 0. The van der Waals surface area contributed by atoms with Crippen LogP contribution in [-0.2, 0) is 37.9 Å². The van der Waals surface area contributed by atoms with Gasteiger partial charge in [-0.1, -0.05) is 39.3 Å². The second kappa shape index (κ2) is 17.1. The van der Waals surface area contributed by atoms with Crippen molar-refractivity contribution in [3.8, 4) is 0 Å². The molecule has 0 aromatic carbocycles. The number of aliphatic hydroxyl groups excluding tert-OH is 9. The highest BCUT2D eigenvalue weighted by molar-refractivity contribution is 5.26. The van der Waals surface area contributed by atoms with Crippen molar-refractivity contribution in [2.75, 3.05) is 26.4 Å². The molecule has 2 spiro atoms. The first kappa shape index (κ1) is 49.0. The summed E-state index contributed by atoms with van der Waals surface area (Å²) in [7, 11) is 0. The number of hydrogen-bond donors (Lipinski definition) is 10. The lowest BCUT2D eigenvalue weighted by molar-refractivity contribution is -0.389. The fourth-order valence-corrected chi connectivity index (χ4v) is 15.8. The van der Waals surface area contributed by atoms with Gasteiger partial charge in [0.15, 0.2) is 24.7 Å². The Morgan fingerprint density at radius 1 is 0.692 bits per heavy atom. The van der Waals surface area contributed by atoms with Crippen molar-refractivity contribution < 1.29 is 89.0 Å². The predicted molar refractivity (Wildman–Crippen MR) is 225 cm³/mol. The highest BCUT2D eigenvalue weighted by Gasteiger charge is 2.81. The van der Waals surface area contributed by atoms with Crippen LogP contribution in [0, 0.1) is 45.3 Å². The molecule has 18 heteroatoms. The van der Waals surface area contributed by atoms with Crippen LogP contribution in [0.2, 0.25) is 0 Å². The molecule has 9 fully saturated rings. The minimum absolute atomic E-state index is 0.0842. The molecule has 2 bridgehead atoms. The number of aliphatic hydroxyl groups is 10. The van der Waals surface area contributed by atoms with Crippen molar-refractivity contribution in [3.05, 3.63) is 11.6 Å². The van der Waals surface area contributed by atoms with E-state index in [1.54, 1.807) is 0 Å². The van der Waals surface area contributed by atoms with Crippen molar-refractivity contribution in [1.82, 2.24) is 0 Å². The van der Waals surface area contributed by atoms with Gasteiger partial charge in [-0.15, -0.1) is 0 Å². The average Bonchev–Trinajstić information content (AvgIpc) is 3.76. The number of hydrogen-bond acceptors (Lipinski definition) is 18. The van der Waals surface area contributed by atoms with E-state index in [9.17, 15) is 51.1 Å². The minimum Gasteiger partial charge on any atom is -0.394 e. The van der Waals surface area contributed by atoms with Crippen LogP contribution in [0.3, 0.4) is 0 Å². The fraction of sp³-hybridized carbons (Fsp3) is 0.957. The summed E-state index contributed by atoms with van der Waals surface area (Å²) in [5, 5.41) is 108. The Morgan fingerprint density at radius 3 is 1.91 bits per heavy atom. The number of fused-ring (bicyclic) bond motifs is 4. The summed E-state index contributed by atoms with van der Waals surface area (Å²) in [5.41, 5.74) is -0.584. The third kappa shape index (κ3) is 7.49. The smallest absolute Gasteiger partial charge is 0.187 e. The van der Waals surface area contributed by atoms with Gasteiger partial charge in [0.2, 0.25) is 0 Å². The van der Waals surface area contributed by atoms with Crippen molar-refractivity contribution >= 4 is 0 Å². The lowest BCUT2D eigenvalue weighted by Crippen LogP contribution is -2.68. The molecule has 25 atom stereocenters. The van der Waals surface area contributed by atoms with E-state index < -0.39 is 122 Å². The Labute approximate surface area is 381 Å². The van der Waals surface area contributed by atoms with Gasteiger partial charge < -0.3 is 89.0 Å². The van der Waals surface area contributed by atoms with Crippen LogP contribution in [-0.4, -0.2) is 187 Å². The largest absolute Gasteiger partial charge is 0.394 e. The topological polar surface area (TPSA) is 276 Å². The van der Waals surface area contributed by atoms with E-state index >= 15 is 0 Å². The average molecular weight is 929 g/mol. The first-order chi connectivity index (χ1) is 30.5. The molecule has 0 aromatic rings. The molecule has 5 aliphatic heterocycles. The van der Waals surface area contributed by atoms with Gasteiger partial charge in [-0.3, -0.25) is 0 Å². The van der Waals surface area contributed by atoms with Gasteiger partial charge in [-0.25, -0.2) is 0 Å². The normalized spacial score (nSPS) is 57.1. The molecule has 9 aliphatic rings. The standard InChI is InChI=1S/C47H76O18/c1-21(2)14-22-15-45(7,57)38-23-8-9-28-43(5)12-11-29(42(3,4)27(43)10-13-44(28,6)46(23)19-47(38,65-22)59-20-46)62-41-37(64-40-35(56)33(54)31(52)26(17-49)61-40)36(24(50)18-58-41)63-39-34(55)32(53)30(51)25(16-48)60-39/h14,22-41,48-57H,8-13,15-20H2,1-7H3/t22-,23?,24+,25+,26+,27?,28+,29-,30+,31+,32-,33-,34+,35+,36+,37-,38?,39-,40-,41-,43-,44+,45-,46-,47-/m0/s1. The molecule has 4 aliphatic carbocycles. The van der Waals surface area contributed by atoms with E-state index in [4.69, 9.17) is 37.9 Å². The maximum absolute atomic E-state index is 12.2. The Morgan fingerprint density at radius 2 is 1.31 bits per heavy atom. The van der Waals surface area contributed by atoms with Crippen molar-refractivity contribution in [3.63, 3.8) is 0 Å².